The summed E-state index contributed by atoms with van der Waals surface area (Å²) in [5.74, 6) is 0.165. The number of likely N-dealkylation sites (tertiary alicyclic amines) is 1. The van der Waals surface area contributed by atoms with Crippen molar-refractivity contribution < 1.29 is 14.3 Å². The summed E-state index contributed by atoms with van der Waals surface area (Å²) in [6, 6.07) is 7.42. The van der Waals surface area contributed by atoms with E-state index in [4.69, 9.17) is 4.74 Å². The number of para-hydroxylation sites is 1. The Morgan fingerprint density at radius 3 is 2.54 bits per heavy atom. The average molecular weight is 400 g/mol. The molecule has 0 atom stereocenters. The molecule has 2 amide bonds. The van der Waals surface area contributed by atoms with Crippen LogP contribution in [-0.4, -0.2) is 41.9 Å². The Balaban J connectivity index is 1.94. The zero-order chi connectivity index (χ0) is 20.1. The van der Waals surface area contributed by atoms with E-state index in [1.54, 1.807) is 25.0 Å². The zero-order valence-electron chi connectivity index (χ0n) is 16.4. The zero-order valence-corrected chi connectivity index (χ0v) is 17.3. The Hall–Kier alpha value is -2.67. The first-order chi connectivity index (χ1) is 13.5. The van der Waals surface area contributed by atoms with Crippen molar-refractivity contribution in [1.82, 2.24) is 15.2 Å². The van der Waals surface area contributed by atoms with E-state index < -0.39 is 0 Å². The maximum atomic E-state index is 13.1. The second-order valence-electron chi connectivity index (χ2n) is 6.75. The highest BCUT2D eigenvalue weighted by molar-refractivity contribution is 7.13. The molecule has 2 heterocycles. The van der Waals surface area contributed by atoms with Crippen molar-refractivity contribution in [3.05, 3.63) is 51.1 Å². The van der Waals surface area contributed by atoms with Crippen LogP contribution >= 0.6 is 11.3 Å². The third kappa shape index (κ3) is 4.59. The molecule has 1 aromatic heterocycles. The number of thiazole rings is 1. The number of piperidine rings is 1. The summed E-state index contributed by atoms with van der Waals surface area (Å²) >= 11 is 1.33. The molecule has 1 aromatic carbocycles. The molecule has 7 heteroatoms. The van der Waals surface area contributed by atoms with Gasteiger partial charge in [-0.3, -0.25) is 9.59 Å². The van der Waals surface area contributed by atoms with Crippen LogP contribution in [0.15, 0.2) is 30.0 Å². The van der Waals surface area contributed by atoms with E-state index in [1.807, 2.05) is 31.2 Å². The molecular formula is C21H25N3O3S. The SMILES string of the molecule is COc1ccccc1C=C(NC(=O)c1sc(C)nc1C)C(=O)N1CCCCC1. The molecule has 2 aromatic rings. The van der Waals surface area contributed by atoms with Gasteiger partial charge in [0.1, 0.15) is 16.3 Å². The van der Waals surface area contributed by atoms with Crippen molar-refractivity contribution in [2.24, 2.45) is 0 Å². The quantitative estimate of drug-likeness (QED) is 0.781. The van der Waals surface area contributed by atoms with Crippen LogP contribution in [-0.2, 0) is 4.79 Å². The maximum absolute atomic E-state index is 13.1. The molecule has 1 fully saturated rings. The van der Waals surface area contributed by atoms with Crippen LogP contribution in [0.1, 0.15) is 45.2 Å². The van der Waals surface area contributed by atoms with E-state index in [1.165, 1.54) is 11.3 Å². The molecule has 0 aliphatic carbocycles. The van der Waals surface area contributed by atoms with E-state index >= 15 is 0 Å². The Kier molecular flexibility index (Phi) is 6.46. The van der Waals surface area contributed by atoms with Crippen LogP contribution in [0.3, 0.4) is 0 Å². The first kappa shape index (κ1) is 20.1. The van der Waals surface area contributed by atoms with Gasteiger partial charge >= 0.3 is 0 Å². The van der Waals surface area contributed by atoms with Crippen LogP contribution in [0, 0.1) is 13.8 Å². The summed E-state index contributed by atoms with van der Waals surface area (Å²) < 4.78 is 5.39. The highest BCUT2D eigenvalue weighted by atomic mass is 32.1. The smallest absolute Gasteiger partial charge is 0.270 e. The predicted molar refractivity (Wildman–Crippen MR) is 110 cm³/mol. The van der Waals surface area contributed by atoms with Crippen molar-refractivity contribution in [3.8, 4) is 5.75 Å². The molecule has 3 rings (SSSR count). The minimum absolute atomic E-state index is 0.169. The number of rotatable bonds is 5. The first-order valence-corrected chi connectivity index (χ1v) is 10.2. The van der Waals surface area contributed by atoms with Gasteiger partial charge in [0.2, 0.25) is 0 Å². The third-order valence-electron chi connectivity index (χ3n) is 4.67. The summed E-state index contributed by atoms with van der Waals surface area (Å²) in [4.78, 5) is 32.6. The second-order valence-corrected chi connectivity index (χ2v) is 7.96. The van der Waals surface area contributed by atoms with Gasteiger partial charge in [0.05, 0.1) is 17.8 Å². The molecule has 0 saturated carbocycles. The van der Waals surface area contributed by atoms with Gasteiger partial charge < -0.3 is 15.0 Å². The van der Waals surface area contributed by atoms with Gasteiger partial charge in [0.25, 0.3) is 11.8 Å². The number of benzene rings is 1. The van der Waals surface area contributed by atoms with Gasteiger partial charge in [-0.15, -0.1) is 11.3 Å². The lowest BCUT2D eigenvalue weighted by atomic mass is 10.1. The van der Waals surface area contributed by atoms with Crippen molar-refractivity contribution in [3.63, 3.8) is 0 Å². The van der Waals surface area contributed by atoms with E-state index in [0.717, 1.165) is 29.8 Å². The van der Waals surface area contributed by atoms with Gasteiger partial charge in [-0.2, -0.15) is 0 Å². The molecule has 0 unspecified atom stereocenters. The molecule has 0 spiro atoms. The van der Waals surface area contributed by atoms with E-state index in [9.17, 15) is 9.59 Å². The number of hydrogen-bond acceptors (Lipinski definition) is 5. The maximum Gasteiger partial charge on any atom is 0.270 e. The fourth-order valence-corrected chi connectivity index (χ4v) is 4.10. The molecule has 6 nitrogen and oxygen atoms in total. The van der Waals surface area contributed by atoms with E-state index in [-0.39, 0.29) is 17.5 Å². The monoisotopic (exact) mass is 399 g/mol. The third-order valence-corrected chi connectivity index (χ3v) is 5.74. The summed E-state index contributed by atoms with van der Waals surface area (Å²) in [6.45, 7) is 5.07. The number of amides is 2. The topological polar surface area (TPSA) is 71.5 Å². The predicted octanol–water partition coefficient (Wildman–Crippen LogP) is 3.55. The van der Waals surface area contributed by atoms with Crippen molar-refractivity contribution in [2.45, 2.75) is 33.1 Å². The Morgan fingerprint density at radius 1 is 1.18 bits per heavy atom. The average Bonchev–Trinajstić information content (AvgIpc) is 3.06. The highest BCUT2D eigenvalue weighted by Crippen LogP contribution is 2.22. The second kappa shape index (κ2) is 9.01. The summed E-state index contributed by atoms with van der Waals surface area (Å²) in [7, 11) is 1.58. The number of aryl methyl sites for hydroxylation is 2. The molecule has 0 bridgehead atoms. The van der Waals surface area contributed by atoms with Gasteiger partial charge in [0.15, 0.2) is 0 Å². The number of carbonyl (C=O) groups excluding carboxylic acids is 2. The Bertz CT molecular complexity index is 898. The fourth-order valence-electron chi connectivity index (χ4n) is 3.28. The van der Waals surface area contributed by atoms with Crippen LogP contribution < -0.4 is 10.1 Å². The summed E-state index contributed by atoms with van der Waals surface area (Å²) in [5.41, 5.74) is 1.66. The van der Waals surface area contributed by atoms with E-state index in [0.29, 0.717) is 29.4 Å². The number of nitrogens with one attached hydrogen (secondary N) is 1. The van der Waals surface area contributed by atoms with Crippen molar-refractivity contribution in [1.29, 1.82) is 0 Å². The Labute approximate surface area is 169 Å². The molecule has 0 radical (unpaired) electrons. The van der Waals surface area contributed by atoms with Crippen LogP contribution in [0.5, 0.6) is 5.75 Å². The number of aromatic nitrogens is 1. The molecule has 1 aliphatic heterocycles. The van der Waals surface area contributed by atoms with E-state index in [2.05, 4.69) is 10.3 Å². The summed E-state index contributed by atoms with van der Waals surface area (Å²) in [6.07, 6.45) is 4.78. The van der Waals surface area contributed by atoms with Crippen LogP contribution in [0.25, 0.3) is 6.08 Å². The molecule has 1 aliphatic rings. The Morgan fingerprint density at radius 2 is 1.89 bits per heavy atom. The first-order valence-electron chi connectivity index (χ1n) is 9.39. The lowest BCUT2D eigenvalue weighted by Gasteiger charge is -2.27. The highest BCUT2D eigenvalue weighted by Gasteiger charge is 2.24. The van der Waals surface area contributed by atoms with Crippen LogP contribution in [0.2, 0.25) is 0 Å². The van der Waals surface area contributed by atoms with Gasteiger partial charge in [0, 0.05) is 18.7 Å². The van der Waals surface area contributed by atoms with Crippen molar-refractivity contribution >= 4 is 29.2 Å². The van der Waals surface area contributed by atoms with Gasteiger partial charge in [-0.1, -0.05) is 18.2 Å². The lowest BCUT2D eigenvalue weighted by Crippen LogP contribution is -2.41. The minimum Gasteiger partial charge on any atom is -0.496 e. The fraction of sp³-hybridized carbons (Fsp3) is 0.381. The van der Waals surface area contributed by atoms with Gasteiger partial charge in [-0.25, -0.2) is 4.98 Å². The van der Waals surface area contributed by atoms with Gasteiger partial charge in [-0.05, 0) is 45.3 Å². The molecule has 1 N–H and O–H groups in total. The largest absolute Gasteiger partial charge is 0.496 e. The number of methoxy groups -OCH3 is 1. The number of nitrogens with zero attached hydrogens (tertiary/aromatic N) is 2. The molecule has 28 heavy (non-hydrogen) atoms. The minimum atomic E-state index is -0.311. The number of hydrogen-bond donors (Lipinski definition) is 1. The summed E-state index contributed by atoms with van der Waals surface area (Å²) in [5, 5.41) is 3.65. The standard InChI is InChI=1S/C21H25N3O3S/c1-14-19(28-15(2)22-14)20(25)23-17(21(26)24-11-7-4-8-12-24)13-16-9-5-6-10-18(16)27-3/h5-6,9-10,13H,4,7-8,11-12H2,1-3H3,(H,23,25). The molecule has 148 valence electrons. The molecular weight excluding hydrogens is 374 g/mol. The molecule has 1 saturated heterocycles. The number of carbonyl (C=O) groups is 2. The number of ether oxygens (including phenoxy) is 1. The normalized spacial score (nSPS) is 14.7. The van der Waals surface area contributed by atoms with Crippen molar-refractivity contribution in [2.75, 3.05) is 20.2 Å². The van der Waals surface area contributed by atoms with Crippen LogP contribution in [0.4, 0.5) is 0 Å². The lowest BCUT2D eigenvalue weighted by molar-refractivity contribution is -0.128.